The third kappa shape index (κ3) is 5.57. The van der Waals surface area contributed by atoms with Gasteiger partial charge in [0.1, 0.15) is 10.0 Å². The van der Waals surface area contributed by atoms with Crippen molar-refractivity contribution in [1.29, 1.82) is 0 Å². The number of sulfonamides is 1. The normalized spacial score (nSPS) is 19.3. The molecule has 1 unspecified atom stereocenters. The second-order valence-electron chi connectivity index (χ2n) is 8.53. The van der Waals surface area contributed by atoms with Crippen molar-refractivity contribution in [3.63, 3.8) is 0 Å². The van der Waals surface area contributed by atoms with E-state index in [-0.39, 0.29) is 34.7 Å². The first-order valence-corrected chi connectivity index (χ1v) is 14.3. The van der Waals surface area contributed by atoms with Gasteiger partial charge in [-0.2, -0.15) is 17.5 Å². The molecule has 36 heavy (non-hydrogen) atoms. The number of rotatable bonds is 7. The molecule has 5 nitrogen and oxygen atoms in total. The van der Waals surface area contributed by atoms with E-state index < -0.39 is 21.8 Å². The predicted molar refractivity (Wildman–Crippen MR) is 133 cm³/mol. The molecule has 1 aliphatic heterocycles. The summed E-state index contributed by atoms with van der Waals surface area (Å²) in [7, 11) is -3.69. The molecule has 2 atom stereocenters. The molecule has 1 N–H and O–H groups in total. The summed E-state index contributed by atoms with van der Waals surface area (Å²) < 4.78 is 81.3. The monoisotopic (exact) mass is 560 g/mol. The second-order valence-corrected chi connectivity index (χ2v) is 12.7. The lowest BCUT2D eigenvalue weighted by Gasteiger charge is -2.42. The van der Waals surface area contributed by atoms with Gasteiger partial charge in [-0.25, -0.2) is 12.8 Å². The van der Waals surface area contributed by atoms with Gasteiger partial charge in [0.25, 0.3) is 10.0 Å². The summed E-state index contributed by atoms with van der Waals surface area (Å²) >= 11 is 2.51. The van der Waals surface area contributed by atoms with Gasteiger partial charge in [0, 0.05) is 36.0 Å². The number of benzene rings is 2. The topological polar surface area (TPSA) is 60.9 Å². The molecular formula is C24H24F4N2O3S3. The Morgan fingerprint density at radius 3 is 2.42 bits per heavy atom. The van der Waals surface area contributed by atoms with Crippen molar-refractivity contribution in [2.75, 3.05) is 30.3 Å². The molecule has 2 heterocycles. The van der Waals surface area contributed by atoms with Crippen molar-refractivity contribution in [1.82, 2.24) is 4.31 Å². The van der Waals surface area contributed by atoms with Crippen LogP contribution in [0.5, 0.6) is 0 Å². The molecule has 1 saturated heterocycles. The first kappa shape index (κ1) is 26.9. The Morgan fingerprint density at radius 2 is 1.81 bits per heavy atom. The Bertz CT molecular complexity index is 1280. The van der Waals surface area contributed by atoms with E-state index >= 15 is 0 Å². The highest BCUT2D eigenvalue weighted by Crippen LogP contribution is 2.39. The average Bonchev–Trinajstić information content (AvgIpc) is 3.38. The number of piperazine rings is 1. The number of thiophene rings is 1. The second kappa shape index (κ2) is 10.3. The predicted octanol–water partition coefficient (Wildman–Crippen LogP) is 5.33. The molecule has 0 bridgehead atoms. The highest BCUT2D eigenvalue weighted by atomic mass is 32.2. The molecule has 0 saturated carbocycles. The third-order valence-corrected chi connectivity index (χ3v) is 10.5. The van der Waals surface area contributed by atoms with Gasteiger partial charge >= 0.3 is 6.18 Å². The van der Waals surface area contributed by atoms with E-state index in [0.29, 0.717) is 29.8 Å². The van der Waals surface area contributed by atoms with Gasteiger partial charge in [-0.05, 0) is 54.3 Å². The van der Waals surface area contributed by atoms with Gasteiger partial charge in [-0.1, -0.05) is 24.3 Å². The average molecular weight is 561 g/mol. The van der Waals surface area contributed by atoms with Crippen LogP contribution in [-0.4, -0.2) is 55.4 Å². The summed E-state index contributed by atoms with van der Waals surface area (Å²) in [5.41, 5.74) is -2.68. The number of halogens is 4. The minimum atomic E-state index is -4.83. The minimum Gasteiger partial charge on any atom is -0.376 e. The zero-order valence-corrected chi connectivity index (χ0v) is 21.6. The van der Waals surface area contributed by atoms with Crippen molar-refractivity contribution in [2.45, 2.75) is 33.8 Å². The van der Waals surface area contributed by atoms with Crippen LogP contribution in [0, 0.1) is 5.82 Å². The number of alkyl halides is 3. The lowest BCUT2D eigenvalue weighted by Crippen LogP contribution is -2.55. The van der Waals surface area contributed by atoms with Crippen LogP contribution in [0.3, 0.4) is 0 Å². The molecule has 3 aromatic rings. The molecule has 0 aliphatic carbocycles. The van der Waals surface area contributed by atoms with E-state index in [9.17, 15) is 31.1 Å². The van der Waals surface area contributed by atoms with Crippen LogP contribution in [0.1, 0.15) is 12.5 Å². The molecule has 0 radical (unpaired) electrons. The van der Waals surface area contributed by atoms with Crippen molar-refractivity contribution in [2.24, 2.45) is 0 Å². The lowest BCUT2D eigenvalue weighted by molar-refractivity contribution is -0.258. The van der Waals surface area contributed by atoms with Crippen molar-refractivity contribution in [3.8, 4) is 0 Å². The van der Waals surface area contributed by atoms with Crippen LogP contribution in [0.15, 0.2) is 75.1 Å². The van der Waals surface area contributed by atoms with Crippen LogP contribution in [-0.2, 0) is 15.6 Å². The van der Waals surface area contributed by atoms with E-state index in [1.165, 1.54) is 52.5 Å². The summed E-state index contributed by atoms with van der Waals surface area (Å²) in [6, 6.07) is 14.4. The van der Waals surface area contributed by atoms with Gasteiger partial charge < -0.3 is 10.0 Å². The fraction of sp³-hybridized carbons (Fsp3) is 0.333. The van der Waals surface area contributed by atoms with Crippen LogP contribution < -0.4 is 4.90 Å². The van der Waals surface area contributed by atoms with E-state index in [4.69, 9.17) is 0 Å². The maximum Gasteiger partial charge on any atom is 0.421 e. The Kier molecular flexibility index (Phi) is 7.73. The minimum absolute atomic E-state index is 0.157. The number of aliphatic hydroxyl groups is 1. The summed E-state index contributed by atoms with van der Waals surface area (Å²) in [6.45, 7) is 1.37. The maximum absolute atomic E-state index is 13.7. The van der Waals surface area contributed by atoms with Gasteiger partial charge in [0.05, 0.1) is 6.04 Å². The van der Waals surface area contributed by atoms with Crippen LogP contribution in [0.2, 0.25) is 0 Å². The Morgan fingerprint density at radius 1 is 1.08 bits per heavy atom. The zero-order chi connectivity index (χ0) is 26.1. The van der Waals surface area contributed by atoms with Gasteiger partial charge in [0.2, 0.25) is 0 Å². The Labute approximate surface area is 215 Å². The number of anilines is 1. The summed E-state index contributed by atoms with van der Waals surface area (Å²) in [5.74, 6) is 0.0387. The number of hydrogen-bond donors (Lipinski definition) is 1. The molecule has 0 amide bonds. The van der Waals surface area contributed by atoms with Crippen LogP contribution in [0.4, 0.5) is 23.2 Å². The smallest absolute Gasteiger partial charge is 0.376 e. The quantitative estimate of drug-likeness (QED) is 0.313. The van der Waals surface area contributed by atoms with E-state index in [0.717, 1.165) is 11.3 Å². The van der Waals surface area contributed by atoms with E-state index in [1.54, 1.807) is 29.6 Å². The molecule has 194 valence electrons. The van der Waals surface area contributed by atoms with Crippen LogP contribution in [0.25, 0.3) is 0 Å². The molecule has 4 rings (SSSR count). The molecule has 1 fully saturated rings. The fourth-order valence-corrected chi connectivity index (χ4v) is 7.61. The number of hydrogen-bond acceptors (Lipinski definition) is 6. The Balaban J connectivity index is 1.59. The van der Waals surface area contributed by atoms with Gasteiger partial charge in [-0.15, -0.1) is 23.1 Å². The molecule has 1 aromatic heterocycles. The maximum atomic E-state index is 13.7. The van der Waals surface area contributed by atoms with Gasteiger partial charge in [0.15, 0.2) is 5.60 Å². The van der Waals surface area contributed by atoms with Crippen molar-refractivity contribution < 1.29 is 31.1 Å². The molecule has 12 heteroatoms. The summed E-state index contributed by atoms with van der Waals surface area (Å²) in [4.78, 5) is 2.63. The standard InChI is InChI=1S/C24H24F4N2O3S3/c1-23(31,24(26,27)28)17-7-9-19(10-8-17)30-12-11-29(36(32,33)22-6-3-13-34-22)15-20(30)16-35-21-5-2-4-18(25)14-21/h2-10,13-14,20,31H,11-12,15-16H2,1H3/t20-,23?/m1/s1. The Hall–Kier alpha value is -2.12. The van der Waals surface area contributed by atoms with E-state index in [1.807, 2.05) is 4.90 Å². The number of thioether (sulfide) groups is 1. The molecule has 0 spiro atoms. The summed E-state index contributed by atoms with van der Waals surface area (Å²) in [6.07, 6.45) is -4.83. The summed E-state index contributed by atoms with van der Waals surface area (Å²) in [5, 5.41) is 11.7. The third-order valence-electron chi connectivity index (χ3n) is 6.09. The first-order chi connectivity index (χ1) is 16.9. The highest BCUT2D eigenvalue weighted by molar-refractivity contribution is 7.99. The molecule has 1 aliphatic rings. The van der Waals surface area contributed by atoms with E-state index in [2.05, 4.69) is 0 Å². The number of nitrogens with zero attached hydrogens (tertiary/aromatic N) is 2. The fourth-order valence-electron chi connectivity index (χ4n) is 3.96. The molecular weight excluding hydrogens is 536 g/mol. The highest BCUT2D eigenvalue weighted by Gasteiger charge is 2.51. The van der Waals surface area contributed by atoms with Crippen LogP contribution >= 0.6 is 23.1 Å². The largest absolute Gasteiger partial charge is 0.421 e. The molecule has 2 aromatic carbocycles. The first-order valence-electron chi connectivity index (χ1n) is 11.0. The zero-order valence-electron chi connectivity index (χ0n) is 19.2. The lowest BCUT2D eigenvalue weighted by atomic mass is 9.95. The van der Waals surface area contributed by atoms with Gasteiger partial charge in [-0.3, -0.25) is 0 Å². The van der Waals surface area contributed by atoms with Crippen molar-refractivity contribution in [3.05, 3.63) is 77.4 Å². The van der Waals surface area contributed by atoms with Crippen molar-refractivity contribution >= 4 is 38.8 Å². The SMILES string of the molecule is CC(O)(c1ccc(N2CCN(S(=O)(=O)c3cccs3)C[C@@H]2CSc2cccc(F)c2)cc1)C(F)(F)F.